The number of rotatable bonds is 4. The quantitative estimate of drug-likeness (QED) is 0.613. The predicted octanol–water partition coefficient (Wildman–Crippen LogP) is 4.04. The second-order valence-electron chi connectivity index (χ2n) is 5.74. The van der Waals surface area contributed by atoms with E-state index in [9.17, 15) is 0 Å². The molecule has 3 heterocycles. The second-order valence-corrected chi connectivity index (χ2v) is 5.74. The molecular formula is C20H18N4O. The molecular weight excluding hydrogens is 312 g/mol. The number of hydrogen-bond donors (Lipinski definition) is 1. The van der Waals surface area contributed by atoms with E-state index < -0.39 is 0 Å². The number of nitrogens with zero attached hydrogens (tertiary/aromatic N) is 3. The standard InChI is InChI=1S/C20H18N4O/c1-2-25-17-8-10-20-23-18(13-24(20)12-17)15-5-3-14(4-6-15)16-7-9-19(21)22-11-16/h3-13H,2H2,1H3,(H2,21,22). The maximum atomic E-state index is 5.64. The Morgan fingerprint density at radius 1 is 0.920 bits per heavy atom. The molecule has 0 amide bonds. The number of nitrogen functional groups attached to an aromatic ring is 1. The minimum Gasteiger partial charge on any atom is -0.492 e. The van der Waals surface area contributed by atoms with Gasteiger partial charge in [-0.05, 0) is 36.8 Å². The van der Waals surface area contributed by atoms with Crippen molar-refractivity contribution in [1.29, 1.82) is 0 Å². The SMILES string of the molecule is CCOc1ccc2nc(-c3ccc(-c4ccc(N)nc4)cc3)cn2c1. The van der Waals surface area contributed by atoms with Gasteiger partial charge in [0.25, 0.3) is 0 Å². The summed E-state index contributed by atoms with van der Waals surface area (Å²) >= 11 is 0. The van der Waals surface area contributed by atoms with Crippen molar-refractivity contribution < 1.29 is 4.74 Å². The average Bonchev–Trinajstić information content (AvgIpc) is 3.06. The third-order valence-corrected chi connectivity index (χ3v) is 4.04. The van der Waals surface area contributed by atoms with Gasteiger partial charge in [0.2, 0.25) is 0 Å². The molecule has 5 heteroatoms. The highest BCUT2D eigenvalue weighted by atomic mass is 16.5. The predicted molar refractivity (Wildman–Crippen MR) is 99.4 cm³/mol. The zero-order valence-corrected chi connectivity index (χ0v) is 13.9. The summed E-state index contributed by atoms with van der Waals surface area (Å²) < 4.78 is 7.52. The van der Waals surface area contributed by atoms with Crippen LogP contribution in [0.2, 0.25) is 0 Å². The first kappa shape index (κ1) is 15.2. The highest BCUT2D eigenvalue weighted by Crippen LogP contribution is 2.25. The summed E-state index contributed by atoms with van der Waals surface area (Å²) in [5.74, 6) is 1.36. The number of imidazole rings is 1. The molecule has 25 heavy (non-hydrogen) atoms. The molecule has 5 nitrogen and oxygen atoms in total. The molecule has 4 rings (SSSR count). The van der Waals surface area contributed by atoms with Gasteiger partial charge < -0.3 is 14.9 Å². The van der Waals surface area contributed by atoms with Crippen LogP contribution < -0.4 is 10.5 Å². The molecule has 0 aliphatic heterocycles. The molecule has 124 valence electrons. The van der Waals surface area contributed by atoms with Crippen molar-refractivity contribution >= 4 is 11.5 Å². The molecule has 0 aliphatic rings. The van der Waals surface area contributed by atoms with Gasteiger partial charge in [0.05, 0.1) is 18.5 Å². The maximum absolute atomic E-state index is 5.64. The van der Waals surface area contributed by atoms with Crippen molar-refractivity contribution in [1.82, 2.24) is 14.4 Å². The van der Waals surface area contributed by atoms with E-state index in [2.05, 4.69) is 34.2 Å². The van der Waals surface area contributed by atoms with Crippen molar-refractivity contribution in [2.75, 3.05) is 12.3 Å². The highest BCUT2D eigenvalue weighted by Gasteiger charge is 2.06. The van der Waals surface area contributed by atoms with Gasteiger partial charge in [-0.1, -0.05) is 24.3 Å². The van der Waals surface area contributed by atoms with Crippen LogP contribution in [0.4, 0.5) is 5.82 Å². The van der Waals surface area contributed by atoms with Gasteiger partial charge in [-0.2, -0.15) is 0 Å². The Bertz CT molecular complexity index is 1000. The van der Waals surface area contributed by atoms with Crippen LogP contribution in [0, 0.1) is 0 Å². The first-order chi connectivity index (χ1) is 12.2. The molecule has 0 bridgehead atoms. The Labute approximate surface area is 145 Å². The zero-order valence-electron chi connectivity index (χ0n) is 13.9. The first-order valence-electron chi connectivity index (χ1n) is 8.17. The van der Waals surface area contributed by atoms with Gasteiger partial charge in [0, 0.05) is 23.5 Å². The normalized spacial score (nSPS) is 10.9. The second kappa shape index (κ2) is 6.28. The smallest absolute Gasteiger partial charge is 0.137 e. The summed E-state index contributed by atoms with van der Waals surface area (Å²) in [6, 6.07) is 15.9. The molecule has 0 fully saturated rings. The summed E-state index contributed by atoms with van der Waals surface area (Å²) in [6.07, 6.45) is 5.74. The van der Waals surface area contributed by atoms with Crippen molar-refractivity contribution in [3.8, 4) is 28.1 Å². The Balaban J connectivity index is 1.65. The molecule has 3 aromatic heterocycles. The van der Waals surface area contributed by atoms with Crippen LogP contribution in [0.1, 0.15) is 6.92 Å². The Hall–Kier alpha value is -3.34. The van der Waals surface area contributed by atoms with Crippen LogP contribution in [0.5, 0.6) is 5.75 Å². The summed E-state index contributed by atoms with van der Waals surface area (Å²) in [4.78, 5) is 8.82. The van der Waals surface area contributed by atoms with Crippen LogP contribution in [0.25, 0.3) is 28.0 Å². The van der Waals surface area contributed by atoms with Gasteiger partial charge in [-0.25, -0.2) is 9.97 Å². The topological polar surface area (TPSA) is 65.4 Å². The number of hydrogen-bond acceptors (Lipinski definition) is 4. The van der Waals surface area contributed by atoms with E-state index in [0.717, 1.165) is 33.8 Å². The third-order valence-electron chi connectivity index (χ3n) is 4.04. The lowest BCUT2D eigenvalue weighted by Crippen LogP contribution is -1.93. The lowest BCUT2D eigenvalue weighted by Gasteiger charge is -2.03. The molecule has 0 saturated carbocycles. The molecule has 2 N–H and O–H groups in total. The van der Waals surface area contributed by atoms with Crippen molar-refractivity contribution in [3.63, 3.8) is 0 Å². The summed E-state index contributed by atoms with van der Waals surface area (Å²) in [7, 11) is 0. The van der Waals surface area contributed by atoms with Crippen LogP contribution in [-0.4, -0.2) is 21.0 Å². The minimum absolute atomic E-state index is 0.525. The van der Waals surface area contributed by atoms with Gasteiger partial charge in [-0.3, -0.25) is 0 Å². The largest absolute Gasteiger partial charge is 0.492 e. The number of fused-ring (bicyclic) bond motifs is 1. The lowest BCUT2D eigenvalue weighted by molar-refractivity contribution is 0.338. The van der Waals surface area contributed by atoms with Gasteiger partial charge in [0.15, 0.2) is 0 Å². The van der Waals surface area contributed by atoms with E-state index in [1.165, 1.54) is 0 Å². The van der Waals surface area contributed by atoms with Crippen LogP contribution in [0.15, 0.2) is 67.1 Å². The van der Waals surface area contributed by atoms with Crippen LogP contribution in [0.3, 0.4) is 0 Å². The minimum atomic E-state index is 0.525. The maximum Gasteiger partial charge on any atom is 0.137 e. The monoisotopic (exact) mass is 330 g/mol. The highest BCUT2D eigenvalue weighted by molar-refractivity contribution is 5.69. The number of benzene rings is 1. The van der Waals surface area contributed by atoms with Crippen molar-refractivity contribution in [2.45, 2.75) is 6.92 Å². The van der Waals surface area contributed by atoms with E-state index in [0.29, 0.717) is 12.4 Å². The zero-order chi connectivity index (χ0) is 17.2. The number of ether oxygens (including phenoxy) is 1. The van der Waals surface area contributed by atoms with Crippen LogP contribution in [-0.2, 0) is 0 Å². The van der Waals surface area contributed by atoms with Gasteiger partial charge >= 0.3 is 0 Å². The number of anilines is 1. The molecule has 0 unspecified atom stereocenters. The van der Waals surface area contributed by atoms with Crippen LogP contribution >= 0.6 is 0 Å². The first-order valence-corrected chi connectivity index (χ1v) is 8.17. The Kier molecular flexibility index (Phi) is 3.82. The number of pyridine rings is 2. The molecule has 1 aromatic carbocycles. The van der Waals surface area contributed by atoms with Crippen molar-refractivity contribution in [3.05, 3.63) is 67.1 Å². The summed E-state index contributed by atoms with van der Waals surface area (Å²) in [6.45, 7) is 2.62. The fraction of sp³-hybridized carbons (Fsp3) is 0.100. The third kappa shape index (κ3) is 3.04. The molecule has 0 aliphatic carbocycles. The summed E-state index contributed by atoms with van der Waals surface area (Å²) in [5, 5.41) is 0. The van der Waals surface area contributed by atoms with E-state index in [1.54, 1.807) is 12.3 Å². The molecule has 0 atom stereocenters. The number of nitrogens with two attached hydrogens (primary N) is 1. The molecule has 0 spiro atoms. The lowest BCUT2D eigenvalue weighted by atomic mass is 10.0. The Morgan fingerprint density at radius 2 is 1.68 bits per heavy atom. The number of aromatic nitrogens is 3. The Morgan fingerprint density at radius 3 is 2.40 bits per heavy atom. The van der Waals surface area contributed by atoms with E-state index in [4.69, 9.17) is 10.5 Å². The van der Waals surface area contributed by atoms with E-state index in [1.807, 2.05) is 41.9 Å². The summed E-state index contributed by atoms with van der Waals surface area (Å²) in [5.41, 5.74) is 10.7. The fourth-order valence-electron chi connectivity index (χ4n) is 2.77. The average molecular weight is 330 g/mol. The van der Waals surface area contributed by atoms with Gasteiger partial charge in [-0.15, -0.1) is 0 Å². The molecule has 0 saturated heterocycles. The molecule has 0 radical (unpaired) electrons. The van der Waals surface area contributed by atoms with E-state index in [-0.39, 0.29) is 0 Å². The fourth-order valence-corrected chi connectivity index (χ4v) is 2.77. The van der Waals surface area contributed by atoms with E-state index >= 15 is 0 Å². The van der Waals surface area contributed by atoms with Gasteiger partial charge in [0.1, 0.15) is 17.2 Å². The van der Waals surface area contributed by atoms with Crippen molar-refractivity contribution in [2.24, 2.45) is 0 Å². The molecule has 4 aromatic rings.